The van der Waals surface area contributed by atoms with Gasteiger partial charge in [-0.15, -0.1) is 0 Å². The zero-order valence-corrected chi connectivity index (χ0v) is 26.1. The minimum Gasteiger partial charge on any atom is -0.487 e. The highest BCUT2D eigenvalue weighted by atomic mass is 16.6. The largest absolute Gasteiger partial charge is 0.487 e. The number of nitrogens with one attached hydrogen (secondary N) is 1. The monoisotopic (exact) mass is 587 g/mol. The van der Waals surface area contributed by atoms with Gasteiger partial charge in [0.2, 0.25) is 0 Å². The van der Waals surface area contributed by atoms with E-state index in [1.54, 1.807) is 18.2 Å². The molecule has 0 aromatic heterocycles. The van der Waals surface area contributed by atoms with Crippen molar-refractivity contribution in [1.82, 2.24) is 0 Å². The molecule has 0 unspecified atom stereocenters. The minimum atomic E-state index is -0.0839. The minimum absolute atomic E-state index is 0.0839. The molecule has 2 aromatic carbocycles. The topological polar surface area (TPSA) is 84.5 Å². The predicted octanol–water partition coefficient (Wildman–Crippen LogP) is 6.94. The molecule has 0 fully saturated rings. The molecule has 0 atom stereocenters. The zero-order valence-electron chi connectivity index (χ0n) is 26.1. The number of benzene rings is 2. The van der Waals surface area contributed by atoms with Crippen LogP contribution in [0.3, 0.4) is 0 Å². The van der Waals surface area contributed by atoms with Crippen molar-refractivity contribution in [1.29, 1.82) is 0 Å². The molecule has 0 saturated heterocycles. The first-order valence-electron chi connectivity index (χ1n) is 15.7. The van der Waals surface area contributed by atoms with Crippen molar-refractivity contribution in [2.45, 2.75) is 65.2 Å². The number of hydrogen-bond acceptors (Lipinski definition) is 8. The van der Waals surface area contributed by atoms with E-state index < -0.39 is 0 Å². The van der Waals surface area contributed by atoms with E-state index in [1.807, 2.05) is 31.3 Å². The predicted molar refractivity (Wildman–Crippen MR) is 168 cm³/mol. The maximum absolute atomic E-state index is 13.1. The van der Waals surface area contributed by atoms with Gasteiger partial charge in [0.05, 0.1) is 39.6 Å². The first-order chi connectivity index (χ1) is 20.7. The van der Waals surface area contributed by atoms with Crippen LogP contribution >= 0.6 is 0 Å². The molecule has 1 N–H and O–H groups in total. The van der Waals surface area contributed by atoms with Crippen molar-refractivity contribution >= 4 is 11.5 Å². The number of ketones is 1. The SMILES string of the molecule is CCCCCCOCCOCCOc1ccc(C(=O)c2ccc(NC)cc2)cc1OCCOCCOCCCCCC. The Kier molecular flexibility index (Phi) is 20.2. The van der Waals surface area contributed by atoms with Crippen molar-refractivity contribution in [3.05, 3.63) is 53.6 Å². The summed E-state index contributed by atoms with van der Waals surface area (Å²) in [6, 6.07) is 12.7. The lowest BCUT2D eigenvalue weighted by molar-refractivity contribution is 0.0320. The quantitative estimate of drug-likeness (QED) is 0.0889. The number of hydrogen-bond donors (Lipinski definition) is 1. The van der Waals surface area contributed by atoms with Gasteiger partial charge in [0.1, 0.15) is 13.2 Å². The van der Waals surface area contributed by atoms with E-state index in [1.165, 1.54) is 38.5 Å². The van der Waals surface area contributed by atoms with Gasteiger partial charge in [0, 0.05) is 37.1 Å². The maximum Gasteiger partial charge on any atom is 0.193 e. The van der Waals surface area contributed by atoms with Gasteiger partial charge in [0.15, 0.2) is 17.3 Å². The average molecular weight is 588 g/mol. The molecule has 0 bridgehead atoms. The summed E-state index contributed by atoms with van der Waals surface area (Å²) in [5, 5.41) is 3.07. The van der Waals surface area contributed by atoms with Gasteiger partial charge < -0.3 is 33.7 Å². The molecule has 0 aliphatic carbocycles. The van der Waals surface area contributed by atoms with Crippen LogP contribution in [-0.2, 0) is 18.9 Å². The van der Waals surface area contributed by atoms with E-state index in [0.717, 1.165) is 31.7 Å². The molecule has 0 radical (unpaired) electrons. The van der Waals surface area contributed by atoms with Crippen molar-refractivity contribution in [3.8, 4) is 11.5 Å². The molecule has 236 valence electrons. The van der Waals surface area contributed by atoms with Crippen molar-refractivity contribution in [2.24, 2.45) is 0 Å². The third-order valence-corrected chi connectivity index (χ3v) is 6.64. The highest BCUT2D eigenvalue weighted by Crippen LogP contribution is 2.29. The van der Waals surface area contributed by atoms with Crippen LogP contribution in [0.15, 0.2) is 42.5 Å². The Labute approximate surface area is 253 Å². The molecule has 2 rings (SSSR count). The highest BCUT2D eigenvalue weighted by molar-refractivity contribution is 6.09. The number of ether oxygens (including phenoxy) is 6. The average Bonchev–Trinajstić information content (AvgIpc) is 3.02. The van der Waals surface area contributed by atoms with Gasteiger partial charge >= 0.3 is 0 Å². The van der Waals surface area contributed by atoms with E-state index in [-0.39, 0.29) is 5.78 Å². The van der Waals surface area contributed by atoms with Gasteiger partial charge in [-0.25, -0.2) is 0 Å². The molecule has 8 nitrogen and oxygen atoms in total. The Bertz CT molecular complexity index is 951. The van der Waals surface area contributed by atoms with E-state index in [0.29, 0.717) is 75.5 Å². The van der Waals surface area contributed by atoms with Crippen LogP contribution in [-0.4, -0.2) is 78.9 Å². The molecule has 0 heterocycles. The van der Waals surface area contributed by atoms with Crippen LogP contribution < -0.4 is 14.8 Å². The summed E-state index contributed by atoms with van der Waals surface area (Å²) in [4.78, 5) is 13.1. The third kappa shape index (κ3) is 15.5. The van der Waals surface area contributed by atoms with E-state index in [2.05, 4.69) is 19.2 Å². The van der Waals surface area contributed by atoms with Gasteiger partial charge in [-0.2, -0.15) is 0 Å². The second-order valence-corrected chi connectivity index (χ2v) is 10.1. The van der Waals surface area contributed by atoms with Gasteiger partial charge in [0.25, 0.3) is 0 Å². The number of anilines is 1. The van der Waals surface area contributed by atoms with E-state index >= 15 is 0 Å². The molecule has 0 spiro atoms. The van der Waals surface area contributed by atoms with Crippen LogP contribution in [0.2, 0.25) is 0 Å². The summed E-state index contributed by atoms with van der Waals surface area (Å²) >= 11 is 0. The fourth-order valence-corrected chi connectivity index (χ4v) is 4.16. The maximum atomic E-state index is 13.1. The van der Waals surface area contributed by atoms with Crippen molar-refractivity contribution < 1.29 is 33.2 Å². The van der Waals surface area contributed by atoms with Crippen LogP contribution in [0.5, 0.6) is 11.5 Å². The summed E-state index contributed by atoms with van der Waals surface area (Å²) in [5.41, 5.74) is 2.08. The van der Waals surface area contributed by atoms with E-state index in [9.17, 15) is 4.79 Å². The highest BCUT2D eigenvalue weighted by Gasteiger charge is 2.14. The molecule has 8 heteroatoms. The molecule has 0 aliphatic heterocycles. The van der Waals surface area contributed by atoms with Crippen LogP contribution in [0.4, 0.5) is 5.69 Å². The summed E-state index contributed by atoms with van der Waals surface area (Å²) in [5.74, 6) is 0.974. The first kappa shape index (κ1) is 35.5. The Hall–Kier alpha value is -2.65. The Morgan fingerprint density at radius 3 is 1.55 bits per heavy atom. The van der Waals surface area contributed by atoms with Crippen molar-refractivity contribution in [2.75, 3.05) is 78.4 Å². The van der Waals surface area contributed by atoms with Gasteiger partial charge in [-0.05, 0) is 55.3 Å². The number of carbonyl (C=O) groups is 1. The third-order valence-electron chi connectivity index (χ3n) is 6.64. The summed E-state index contributed by atoms with van der Waals surface area (Å²) in [7, 11) is 1.85. The normalized spacial score (nSPS) is 11.0. The lowest BCUT2D eigenvalue weighted by atomic mass is 10.0. The zero-order chi connectivity index (χ0) is 30.1. The molecule has 0 saturated carbocycles. The van der Waals surface area contributed by atoms with Crippen LogP contribution in [0.25, 0.3) is 0 Å². The van der Waals surface area contributed by atoms with E-state index in [4.69, 9.17) is 28.4 Å². The smallest absolute Gasteiger partial charge is 0.193 e. The molecule has 2 aromatic rings. The lowest BCUT2D eigenvalue weighted by Crippen LogP contribution is -2.14. The fourth-order valence-electron chi connectivity index (χ4n) is 4.16. The fraction of sp³-hybridized carbons (Fsp3) is 0.618. The molecular weight excluding hydrogens is 534 g/mol. The summed E-state index contributed by atoms with van der Waals surface area (Å²) in [6.45, 7) is 9.67. The van der Waals surface area contributed by atoms with Crippen LogP contribution in [0.1, 0.15) is 81.1 Å². The molecule has 0 aliphatic rings. The molecule has 42 heavy (non-hydrogen) atoms. The Balaban J connectivity index is 1.81. The summed E-state index contributed by atoms with van der Waals surface area (Å²) < 4.78 is 34.5. The van der Waals surface area contributed by atoms with Gasteiger partial charge in [-0.3, -0.25) is 4.79 Å². The summed E-state index contributed by atoms with van der Waals surface area (Å²) in [6.07, 6.45) is 9.55. The first-order valence-corrected chi connectivity index (χ1v) is 15.7. The number of rotatable bonds is 27. The Morgan fingerprint density at radius 1 is 0.548 bits per heavy atom. The molecular formula is C34H53NO7. The molecule has 0 amide bonds. The standard InChI is InChI=1S/C34H53NO7/c1-4-6-8-10-18-37-20-22-39-24-26-41-32-17-14-30(34(36)29-12-15-31(35-3)16-13-29)28-33(32)42-27-25-40-23-21-38-19-11-9-7-5-2/h12-17,28,35H,4-11,18-27H2,1-3H3. The second-order valence-electron chi connectivity index (χ2n) is 10.1. The Morgan fingerprint density at radius 2 is 1.02 bits per heavy atom. The van der Waals surface area contributed by atoms with Crippen LogP contribution in [0, 0.1) is 0 Å². The lowest BCUT2D eigenvalue weighted by Gasteiger charge is -2.15. The second kappa shape index (κ2) is 23.9. The van der Waals surface area contributed by atoms with Gasteiger partial charge in [-0.1, -0.05) is 52.4 Å². The number of carbonyl (C=O) groups excluding carboxylic acids is 1. The number of unbranched alkanes of at least 4 members (excludes halogenated alkanes) is 6. The van der Waals surface area contributed by atoms with Crippen molar-refractivity contribution in [3.63, 3.8) is 0 Å².